The fraction of sp³-hybridized carbons (Fsp3) is 0.200. The molecule has 4 rings (SSSR count). The zero-order valence-corrected chi connectivity index (χ0v) is 21.4. The van der Waals surface area contributed by atoms with Crippen LogP contribution in [0.1, 0.15) is 16.7 Å². The number of benzene rings is 3. The van der Waals surface area contributed by atoms with Crippen LogP contribution in [0.4, 0.5) is 0 Å². The highest BCUT2D eigenvalue weighted by atomic mass is 16.5. The summed E-state index contributed by atoms with van der Waals surface area (Å²) in [6.07, 6.45) is 3.18. The summed E-state index contributed by atoms with van der Waals surface area (Å²) in [4.78, 5) is 28.5. The molecular weight excluding hydrogens is 486 g/mol. The highest BCUT2D eigenvalue weighted by Crippen LogP contribution is 2.32. The van der Waals surface area contributed by atoms with Crippen LogP contribution >= 0.6 is 0 Å². The van der Waals surface area contributed by atoms with Gasteiger partial charge >= 0.3 is 0 Å². The molecule has 0 aliphatic carbocycles. The van der Waals surface area contributed by atoms with E-state index in [4.69, 9.17) is 14.2 Å². The molecule has 3 aromatic carbocycles. The number of amides is 1. The first kappa shape index (κ1) is 26.3. The van der Waals surface area contributed by atoms with E-state index in [0.29, 0.717) is 22.8 Å². The zero-order chi connectivity index (χ0) is 27.2. The molecule has 0 bridgehead atoms. The van der Waals surface area contributed by atoms with Crippen LogP contribution in [-0.2, 0) is 22.6 Å². The van der Waals surface area contributed by atoms with Crippen LogP contribution in [0.3, 0.4) is 0 Å². The number of ether oxygens (including phenoxy) is 3. The minimum Gasteiger partial charge on any atom is -0.508 e. The van der Waals surface area contributed by atoms with Gasteiger partial charge in [0, 0.05) is 18.1 Å². The third kappa shape index (κ3) is 5.64. The average Bonchev–Trinajstić information content (AvgIpc) is 3.17. The Hall–Kier alpha value is -4.72. The maximum atomic E-state index is 13.6. The maximum Gasteiger partial charge on any atom is 0.262 e. The van der Waals surface area contributed by atoms with E-state index in [1.165, 1.54) is 30.2 Å². The molecule has 2 N–H and O–H groups in total. The molecule has 0 radical (unpaired) electrons. The lowest BCUT2D eigenvalue weighted by Crippen LogP contribution is -2.36. The van der Waals surface area contributed by atoms with Gasteiger partial charge in [-0.05, 0) is 53.6 Å². The summed E-state index contributed by atoms with van der Waals surface area (Å²) in [6, 6.07) is 18.0. The topological polar surface area (TPSA) is 106 Å². The van der Waals surface area contributed by atoms with Crippen molar-refractivity contribution in [3.05, 3.63) is 101 Å². The second-order valence-electron chi connectivity index (χ2n) is 8.73. The second-order valence-corrected chi connectivity index (χ2v) is 8.73. The number of phenols is 1. The Morgan fingerprint density at radius 2 is 1.55 bits per heavy atom. The van der Waals surface area contributed by atoms with E-state index in [1.807, 2.05) is 0 Å². The molecule has 1 saturated heterocycles. The number of nitrogens with zero attached hydrogens (tertiary/aromatic N) is 1. The van der Waals surface area contributed by atoms with E-state index in [2.05, 4.69) is 0 Å². The summed E-state index contributed by atoms with van der Waals surface area (Å²) in [5.41, 5.74) is 1.93. The number of aliphatic hydroxyl groups excluding tert-OH is 1. The van der Waals surface area contributed by atoms with Crippen LogP contribution in [0.5, 0.6) is 23.0 Å². The Balaban J connectivity index is 1.69. The fourth-order valence-electron chi connectivity index (χ4n) is 4.31. The van der Waals surface area contributed by atoms with Gasteiger partial charge in [-0.2, -0.15) is 0 Å². The Morgan fingerprint density at radius 1 is 0.895 bits per heavy atom. The zero-order valence-electron chi connectivity index (χ0n) is 21.4. The van der Waals surface area contributed by atoms with E-state index < -0.39 is 23.5 Å². The number of aliphatic hydroxyl groups is 1. The Morgan fingerprint density at radius 3 is 2.18 bits per heavy atom. The number of Topliss-reactive ketones (excluding diaryl/α,β-unsaturated/α-hetero) is 1. The van der Waals surface area contributed by atoms with Gasteiger partial charge in [-0.3, -0.25) is 9.59 Å². The maximum absolute atomic E-state index is 13.6. The minimum absolute atomic E-state index is 0.0828. The van der Waals surface area contributed by atoms with Crippen molar-refractivity contribution >= 4 is 17.8 Å². The minimum atomic E-state index is -0.856. The lowest BCUT2D eigenvalue weighted by Gasteiger charge is -2.24. The van der Waals surface area contributed by atoms with Gasteiger partial charge in [0.2, 0.25) is 0 Å². The highest BCUT2D eigenvalue weighted by molar-refractivity contribution is 6.27. The van der Waals surface area contributed by atoms with E-state index in [-0.39, 0.29) is 24.3 Å². The third-order valence-electron chi connectivity index (χ3n) is 6.41. The van der Waals surface area contributed by atoms with Gasteiger partial charge in [0.05, 0.1) is 27.9 Å². The molecule has 0 unspecified atom stereocenters. The quantitative estimate of drug-likeness (QED) is 0.246. The van der Waals surface area contributed by atoms with Gasteiger partial charge in [-0.25, -0.2) is 0 Å². The number of rotatable bonds is 9. The molecule has 1 aliphatic heterocycles. The summed E-state index contributed by atoms with van der Waals surface area (Å²) in [5.74, 6) is 0.430. The number of hydrogen-bond acceptors (Lipinski definition) is 7. The van der Waals surface area contributed by atoms with Gasteiger partial charge < -0.3 is 29.3 Å². The molecule has 1 atom stereocenters. The average molecular weight is 516 g/mol. The number of carbonyl (C=O) groups is 2. The molecule has 38 heavy (non-hydrogen) atoms. The SMILES string of the molecule is COc1ccc(/C=C/C(O)=C2\C(=O)[C@H](Cc3ccc(O)cc3)N(Cc3ccc(OC)cc3OC)C2=O)cc1. The van der Waals surface area contributed by atoms with Crippen molar-refractivity contribution in [3.8, 4) is 23.0 Å². The lowest BCUT2D eigenvalue weighted by molar-refractivity contribution is -0.127. The number of phenolic OH excluding ortho intramolecular Hbond substituents is 1. The standard InChI is InChI=1S/C30H29NO7/c1-36-23-12-6-19(7-13-23)8-15-26(33)28-29(34)25(16-20-4-10-22(32)11-5-20)31(30(28)35)18-21-9-14-24(37-2)17-27(21)38-3/h4-15,17,25,32-33H,16,18H2,1-3H3/b15-8+,28-26-/t25-/m0/s1. The van der Waals surface area contributed by atoms with Gasteiger partial charge in [0.25, 0.3) is 5.91 Å². The Labute approximate surface area is 221 Å². The smallest absolute Gasteiger partial charge is 0.262 e. The third-order valence-corrected chi connectivity index (χ3v) is 6.41. The number of allylic oxidation sites excluding steroid dienone is 1. The normalized spacial score (nSPS) is 16.7. The summed E-state index contributed by atoms with van der Waals surface area (Å²) < 4.78 is 15.9. The second kappa shape index (κ2) is 11.6. The van der Waals surface area contributed by atoms with Crippen LogP contribution in [0.25, 0.3) is 6.08 Å². The van der Waals surface area contributed by atoms with Crippen LogP contribution in [0.2, 0.25) is 0 Å². The number of ketones is 1. The molecule has 0 aromatic heterocycles. The first-order chi connectivity index (χ1) is 18.3. The van der Waals surface area contributed by atoms with Crippen molar-refractivity contribution in [2.24, 2.45) is 0 Å². The summed E-state index contributed by atoms with van der Waals surface area (Å²) >= 11 is 0. The summed E-state index contributed by atoms with van der Waals surface area (Å²) in [5, 5.41) is 20.5. The fourth-order valence-corrected chi connectivity index (χ4v) is 4.31. The number of likely N-dealkylation sites (tertiary alicyclic amines) is 1. The number of methoxy groups -OCH3 is 3. The molecule has 0 saturated carbocycles. The van der Waals surface area contributed by atoms with Crippen LogP contribution in [-0.4, -0.2) is 54.2 Å². The van der Waals surface area contributed by atoms with Gasteiger partial charge in [-0.15, -0.1) is 0 Å². The molecule has 3 aromatic rings. The predicted molar refractivity (Wildman–Crippen MR) is 142 cm³/mol. The van der Waals surface area contributed by atoms with Crippen molar-refractivity contribution in [2.45, 2.75) is 19.0 Å². The predicted octanol–water partition coefficient (Wildman–Crippen LogP) is 4.47. The molecular formula is C30H29NO7. The van der Waals surface area contributed by atoms with Gasteiger partial charge in [0.15, 0.2) is 5.78 Å². The molecule has 1 amide bonds. The van der Waals surface area contributed by atoms with Gasteiger partial charge in [-0.1, -0.05) is 30.3 Å². The van der Waals surface area contributed by atoms with Crippen molar-refractivity contribution in [1.29, 1.82) is 0 Å². The van der Waals surface area contributed by atoms with E-state index in [9.17, 15) is 19.8 Å². The Bertz CT molecular complexity index is 1370. The van der Waals surface area contributed by atoms with E-state index in [0.717, 1.165) is 11.1 Å². The van der Waals surface area contributed by atoms with Crippen LogP contribution < -0.4 is 14.2 Å². The monoisotopic (exact) mass is 515 g/mol. The van der Waals surface area contributed by atoms with Crippen molar-refractivity contribution < 1.29 is 34.0 Å². The molecule has 1 heterocycles. The largest absolute Gasteiger partial charge is 0.508 e. The van der Waals surface area contributed by atoms with Crippen molar-refractivity contribution in [2.75, 3.05) is 21.3 Å². The Kier molecular flexibility index (Phi) is 8.01. The van der Waals surface area contributed by atoms with Gasteiger partial charge in [0.1, 0.15) is 40.4 Å². The summed E-state index contributed by atoms with van der Waals surface area (Å²) in [6.45, 7) is 0.0828. The van der Waals surface area contributed by atoms with E-state index in [1.54, 1.807) is 74.9 Å². The van der Waals surface area contributed by atoms with Crippen LogP contribution in [0.15, 0.2) is 84.1 Å². The number of hydrogen-bond donors (Lipinski definition) is 2. The molecule has 0 spiro atoms. The first-order valence-corrected chi connectivity index (χ1v) is 11.9. The van der Waals surface area contributed by atoms with E-state index >= 15 is 0 Å². The summed E-state index contributed by atoms with van der Waals surface area (Å²) in [7, 11) is 4.63. The highest BCUT2D eigenvalue weighted by Gasteiger charge is 2.45. The number of aromatic hydroxyl groups is 1. The van der Waals surface area contributed by atoms with Crippen molar-refractivity contribution in [1.82, 2.24) is 4.90 Å². The molecule has 8 nitrogen and oxygen atoms in total. The first-order valence-electron chi connectivity index (χ1n) is 11.9. The molecule has 1 aliphatic rings. The molecule has 1 fully saturated rings. The van der Waals surface area contributed by atoms with Crippen LogP contribution in [0, 0.1) is 0 Å². The molecule has 196 valence electrons. The molecule has 8 heteroatoms. The van der Waals surface area contributed by atoms with Crippen molar-refractivity contribution in [3.63, 3.8) is 0 Å². The number of carbonyl (C=O) groups excluding carboxylic acids is 2. The lowest BCUT2D eigenvalue weighted by atomic mass is 10.00.